The molecule has 82 valence electrons. The van der Waals surface area contributed by atoms with Crippen molar-refractivity contribution in [1.82, 2.24) is 0 Å². The average Bonchev–Trinajstić information content (AvgIpc) is 2.18. The lowest BCUT2D eigenvalue weighted by Crippen LogP contribution is -2.10. The second-order valence-electron chi connectivity index (χ2n) is 4.75. The van der Waals surface area contributed by atoms with Gasteiger partial charge in [0.25, 0.3) is 0 Å². The normalized spacial score (nSPS) is 11.4. The SMILES string of the molecule is C=CCOCc1ccc(C(C)(C)C)cc1. The van der Waals surface area contributed by atoms with E-state index in [-0.39, 0.29) is 5.41 Å². The fourth-order valence-corrected chi connectivity index (χ4v) is 1.36. The molecule has 1 aromatic carbocycles. The number of benzene rings is 1. The Bertz CT molecular complexity index is 303. The van der Waals surface area contributed by atoms with Crippen molar-refractivity contribution < 1.29 is 4.74 Å². The Labute approximate surface area is 92.8 Å². The Morgan fingerprint density at radius 2 is 1.80 bits per heavy atom. The third kappa shape index (κ3) is 3.88. The van der Waals surface area contributed by atoms with Gasteiger partial charge in [-0.05, 0) is 16.5 Å². The van der Waals surface area contributed by atoms with Crippen molar-refractivity contribution in [2.24, 2.45) is 0 Å². The molecule has 0 aliphatic rings. The molecule has 15 heavy (non-hydrogen) atoms. The van der Waals surface area contributed by atoms with E-state index in [1.807, 2.05) is 0 Å². The Morgan fingerprint density at radius 1 is 1.20 bits per heavy atom. The zero-order valence-electron chi connectivity index (χ0n) is 9.92. The predicted octanol–water partition coefficient (Wildman–Crippen LogP) is 3.69. The van der Waals surface area contributed by atoms with Gasteiger partial charge in [0.15, 0.2) is 0 Å². The molecule has 0 N–H and O–H groups in total. The van der Waals surface area contributed by atoms with E-state index < -0.39 is 0 Å². The Kier molecular flexibility index (Phi) is 4.10. The number of rotatable bonds is 4. The fraction of sp³-hybridized carbons (Fsp3) is 0.429. The highest BCUT2D eigenvalue weighted by Gasteiger charge is 2.12. The van der Waals surface area contributed by atoms with Crippen LogP contribution in [0, 0.1) is 0 Å². The van der Waals surface area contributed by atoms with E-state index in [0.29, 0.717) is 13.2 Å². The maximum absolute atomic E-state index is 5.38. The van der Waals surface area contributed by atoms with Crippen LogP contribution < -0.4 is 0 Å². The van der Waals surface area contributed by atoms with Crippen LogP contribution in [0.4, 0.5) is 0 Å². The zero-order valence-corrected chi connectivity index (χ0v) is 9.92. The van der Waals surface area contributed by atoms with Gasteiger partial charge in [-0.15, -0.1) is 6.58 Å². The Balaban J connectivity index is 2.60. The molecule has 0 saturated heterocycles. The van der Waals surface area contributed by atoms with Gasteiger partial charge in [0.2, 0.25) is 0 Å². The third-order valence-electron chi connectivity index (χ3n) is 2.32. The van der Waals surface area contributed by atoms with Crippen molar-refractivity contribution in [3.63, 3.8) is 0 Å². The molecule has 0 radical (unpaired) electrons. The molecular weight excluding hydrogens is 184 g/mol. The topological polar surface area (TPSA) is 9.23 Å². The monoisotopic (exact) mass is 204 g/mol. The first-order valence-electron chi connectivity index (χ1n) is 5.32. The summed E-state index contributed by atoms with van der Waals surface area (Å²) < 4.78 is 5.38. The molecule has 0 saturated carbocycles. The van der Waals surface area contributed by atoms with Gasteiger partial charge < -0.3 is 4.74 Å². The molecule has 1 heteroatoms. The standard InChI is InChI=1S/C14H20O/c1-5-10-15-11-12-6-8-13(9-7-12)14(2,3)4/h5-9H,1,10-11H2,2-4H3. The number of ether oxygens (including phenoxy) is 1. The van der Waals surface area contributed by atoms with Crippen molar-refractivity contribution in [1.29, 1.82) is 0 Å². The maximum atomic E-state index is 5.38. The van der Waals surface area contributed by atoms with Crippen LogP contribution in [0.1, 0.15) is 31.9 Å². The molecule has 0 atom stereocenters. The first kappa shape index (κ1) is 12.0. The minimum atomic E-state index is 0.223. The summed E-state index contributed by atoms with van der Waals surface area (Å²) in [6.07, 6.45) is 1.77. The lowest BCUT2D eigenvalue weighted by Gasteiger charge is -2.19. The van der Waals surface area contributed by atoms with Crippen LogP contribution in [0.2, 0.25) is 0 Å². The Hall–Kier alpha value is -1.08. The molecule has 0 amide bonds. The van der Waals surface area contributed by atoms with Crippen LogP contribution >= 0.6 is 0 Å². The largest absolute Gasteiger partial charge is 0.373 e. The van der Waals surface area contributed by atoms with Crippen LogP contribution in [0.25, 0.3) is 0 Å². The van der Waals surface area contributed by atoms with Crippen molar-refractivity contribution in [3.05, 3.63) is 48.0 Å². The number of hydrogen-bond donors (Lipinski definition) is 0. The van der Waals surface area contributed by atoms with Gasteiger partial charge in [-0.3, -0.25) is 0 Å². The van der Waals surface area contributed by atoms with E-state index in [9.17, 15) is 0 Å². The Morgan fingerprint density at radius 3 is 2.27 bits per heavy atom. The molecule has 0 aromatic heterocycles. The van der Waals surface area contributed by atoms with Crippen molar-refractivity contribution in [2.45, 2.75) is 32.8 Å². The van der Waals surface area contributed by atoms with Crippen LogP contribution in [-0.2, 0) is 16.8 Å². The summed E-state index contributed by atoms with van der Waals surface area (Å²) in [7, 11) is 0. The van der Waals surface area contributed by atoms with E-state index in [1.165, 1.54) is 11.1 Å². The highest BCUT2D eigenvalue weighted by atomic mass is 16.5. The summed E-state index contributed by atoms with van der Waals surface area (Å²) in [4.78, 5) is 0. The van der Waals surface area contributed by atoms with E-state index in [4.69, 9.17) is 4.74 Å². The second kappa shape index (κ2) is 5.13. The first-order chi connectivity index (χ1) is 7.04. The minimum absolute atomic E-state index is 0.223. The van der Waals surface area contributed by atoms with E-state index >= 15 is 0 Å². The lowest BCUT2D eigenvalue weighted by atomic mass is 9.87. The molecule has 0 heterocycles. The molecule has 0 aliphatic heterocycles. The summed E-state index contributed by atoms with van der Waals surface area (Å²) in [5.41, 5.74) is 2.79. The predicted molar refractivity (Wildman–Crippen MR) is 65.0 cm³/mol. The fourth-order valence-electron chi connectivity index (χ4n) is 1.36. The van der Waals surface area contributed by atoms with Crippen LogP contribution in [0.3, 0.4) is 0 Å². The average molecular weight is 204 g/mol. The molecule has 0 aliphatic carbocycles. The highest BCUT2D eigenvalue weighted by molar-refractivity contribution is 5.27. The van der Waals surface area contributed by atoms with Crippen LogP contribution in [0.15, 0.2) is 36.9 Å². The van der Waals surface area contributed by atoms with Crippen molar-refractivity contribution in [3.8, 4) is 0 Å². The summed E-state index contributed by atoms with van der Waals surface area (Å²) in [5, 5.41) is 0. The molecule has 1 aromatic rings. The van der Waals surface area contributed by atoms with E-state index in [2.05, 4.69) is 51.6 Å². The third-order valence-corrected chi connectivity index (χ3v) is 2.32. The molecule has 0 fully saturated rings. The highest BCUT2D eigenvalue weighted by Crippen LogP contribution is 2.22. The van der Waals surface area contributed by atoms with Gasteiger partial charge in [-0.25, -0.2) is 0 Å². The smallest absolute Gasteiger partial charge is 0.0721 e. The quantitative estimate of drug-likeness (QED) is 0.537. The van der Waals surface area contributed by atoms with Gasteiger partial charge in [-0.1, -0.05) is 51.1 Å². The van der Waals surface area contributed by atoms with Gasteiger partial charge in [0.1, 0.15) is 0 Å². The van der Waals surface area contributed by atoms with E-state index in [0.717, 1.165) is 0 Å². The van der Waals surface area contributed by atoms with Gasteiger partial charge in [-0.2, -0.15) is 0 Å². The molecule has 0 unspecified atom stereocenters. The molecule has 1 nitrogen and oxygen atoms in total. The van der Waals surface area contributed by atoms with Gasteiger partial charge in [0.05, 0.1) is 13.2 Å². The summed E-state index contributed by atoms with van der Waals surface area (Å²) in [6.45, 7) is 11.5. The first-order valence-corrected chi connectivity index (χ1v) is 5.32. The number of hydrogen-bond acceptors (Lipinski definition) is 1. The molecule has 0 bridgehead atoms. The van der Waals surface area contributed by atoms with Gasteiger partial charge >= 0.3 is 0 Å². The molecular formula is C14H20O. The van der Waals surface area contributed by atoms with Gasteiger partial charge in [0, 0.05) is 0 Å². The summed E-state index contributed by atoms with van der Waals surface area (Å²) in [6, 6.07) is 8.60. The lowest BCUT2D eigenvalue weighted by molar-refractivity contribution is 0.149. The summed E-state index contributed by atoms with van der Waals surface area (Å²) >= 11 is 0. The van der Waals surface area contributed by atoms with Crippen LogP contribution in [-0.4, -0.2) is 6.61 Å². The van der Waals surface area contributed by atoms with E-state index in [1.54, 1.807) is 6.08 Å². The zero-order chi connectivity index (χ0) is 11.3. The molecule has 0 spiro atoms. The second-order valence-corrected chi connectivity index (χ2v) is 4.75. The van der Waals surface area contributed by atoms with Crippen LogP contribution in [0.5, 0.6) is 0 Å². The minimum Gasteiger partial charge on any atom is -0.373 e. The maximum Gasteiger partial charge on any atom is 0.0721 e. The van der Waals surface area contributed by atoms with Crippen molar-refractivity contribution in [2.75, 3.05) is 6.61 Å². The molecule has 1 rings (SSSR count). The summed E-state index contributed by atoms with van der Waals surface area (Å²) in [5.74, 6) is 0. The van der Waals surface area contributed by atoms with Crippen molar-refractivity contribution >= 4 is 0 Å².